The molecule has 1 aliphatic rings. The van der Waals surface area contributed by atoms with Crippen LogP contribution in [0, 0.1) is 11.2 Å². The van der Waals surface area contributed by atoms with Gasteiger partial charge in [0.05, 0.1) is 10.7 Å². The summed E-state index contributed by atoms with van der Waals surface area (Å²) >= 11 is 6.19. The van der Waals surface area contributed by atoms with Gasteiger partial charge in [-0.15, -0.1) is 0 Å². The number of rotatable bonds is 1. The summed E-state index contributed by atoms with van der Waals surface area (Å²) in [6.07, 6.45) is 0. The summed E-state index contributed by atoms with van der Waals surface area (Å²) in [6.45, 7) is 10.3. The molecule has 1 aliphatic heterocycles. The molecule has 1 aromatic carbocycles. The lowest BCUT2D eigenvalue weighted by Crippen LogP contribution is -2.59. The van der Waals surface area contributed by atoms with Crippen molar-refractivity contribution in [2.45, 2.75) is 39.8 Å². The van der Waals surface area contributed by atoms with E-state index in [1.165, 1.54) is 6.07 Å². The summed E-state index contributed by atoms with van der Waals surface area (Å²) < 4.78 is 14.1. The van der Waals surface area contributed by atoms with E-state index in [9.17, 15) is 4.39 Å². The summed E-state index contributed by atoms with van der Waals surface area (Å²) in [5.74, 6) is -0.242. The predicted octanol–water partition coefficient (Wildman–Crippen LogP) is 3.69. The molecule has 106 valence electrons. The van der Waals surface area contributed by atoms with Gasteiger partial charge in [-0.2, -0.15) is 0 Å². The zero-order valence-electron chi connectivity index (χ0n) is 12.0. The summed E-state index contributed by atoms with van der Waals surface area (Å²) in [4.78, 5) is 2.09. The van der Waals surface area contributed by atoms with Crippen LogP contribution < -0.4 is 10.2 Å². The quantitative estimate of drug-likeness (QED) is 0.846. The van der Waals surface area contributed by atoms with E-state index in [2.05, 4.69) is 37.9 Å². The summed E-state index contributed by atoms with van der Waals surface area (Å²) in [5.41, 5.74) is 0.670. The van der Waals surface area contributed by atoms with Gasteiger partial charge in [0.2, 0.25) is 0 Å². The second-order valence-corrected chi connectivity index (χ2v) is 6.81. The van der Waals surface area contributed by atoms with Gasteiger partial charge in [-0.05, 0) is 24.5 Å². The third-order valence-electron chi connectivity index (χ3n) is 3.84. The van der Waals surface area contributed by atoms with Crippen LogP contribution in [0.25, 0.3) is 0 Å². The number of halogens is 2. The first-order valence-corrected chi connectivity index (χ1v) is 7.12. The van der Waals surface area contributed by atoms with Crippen LogP contribution in [0.1, 0.15) is 27.7 Å². The molecule has 0 bridgehead atoms. The minimum atomic E-state index is -0.242. The number of nitrogens with one attached hydrogen (secondary N) is 1. The molecule has 0 saturated carbocycles. The molecule has 19 heavy (non-hydrogen) atoms. The Bertz CT molecular complexity index is 436. The van der Waals surface area contributed by atoms with E-state index < -0.39 is 0 Å². The highest BCUT2D eigenvalue weighted by atomic mass is 35.5. The van der Waals surface area contributed by atoms with Crippen LogP contribution in [-0.4, -0.2) is 25.2 Å². The minimum absolute atomic E-state index is 0.135. The molecule has 1 fully saturated rings. The Balaban J connectivity index is 2.32. The van der Waals surface area contributed by atoms with Gasteiger partial charge in [0.25, 0.3) is 0 Å². The second kappa shape index (κ2) is 5.29. The maximum absolute atomic E-state index is 14.1. The largest absolute Gasteiger partial charge is 0.362 e. The Morgan fingerprint density at radius 3 is 2.63 bits per heavy atom. The van der Waals surface area contributed by atoms with Gasteiger partial charge >= 0.3 is 0 Å². The zero-order chi connectivity index (χ0) is 14.2. The SMILES string of the molecule is CC1CNC(C(C)(C)C)CN1c1c(F)cccc1Cl. The molecule has 2 unspecified atom stereocenters. The van der Waals surface area contributed by atoms with E-state index in [0.29, 0.717) is 16.8 Å². The number of benzene rings is 1. The number of hydrogen-bond acceptors (Lipinski definition) is 2. The van der Waals surface area contributed by atoms with Crippen LogP contribution in [0.5, 0.6) is 0 Å². The molecular formula is C15H22ClFN2. The summed E-state index contributed by atoms with van der Waals surface area (Å²) in [7, 11) is 0. The fourth-order valence-corrected chi connectivity index (χ4v) is 2.79. The van der Waals surface area contributed by atoms with Crippen molar-refractivity contribution in [3.8, 4) is 0 Å². The molecule has 0 radical (unpaired) electrons. The van der Waals surface area contributed by atoms with E-state index >= 15 is 0 Å². The molecule has 0 aliphatic carbocycles. The Labute approximate surface area is 119 Å². The van der Waals surface area contributed by atoms with E-state index in [4.69, 9.17) is 11.6 Å². The zero-order valence-corrected chi connectivity index (χ0v) is 12.8. The van der Waals surface area contributed by atoms with Gasteiger partial charge in [-0.25, -0.2) is 4.39 Å². The molecule has 2 nitrogen and oxygen atoms in total. The van der Waals surface area contributed by atoms with Crippen molar-refractivity contribution in [1.82, 2.24) is 5.32 Å². The van der Waals surface area contributed by atoms with Crippen LogP contribution in [0.3, 0.4) is 0 Å². The lowest BCUT2D eigenvalue weighted by atomic mass is 9.84. The highest BCUT2D eigenvalue weighted by Crippen LogP contribution is 2.33. The summed E-state index contributed by atoms with van der Waals surface area (Å²) in [6, 6.07) is 5.42. The Morgan fingerprint density at radius 1 is 1.37 bits per heavy atom. The number of piperazine rings is 1. The van der Waals surface area contributed by atoms with Crippen LogP contribution in [0.15, 0.2) is 18.2 Å². The molecule has 0 spiro atoms. The fraction of sp³-hybridized carbons (Fsp3) is 0.600. The number of anilines is 1. The van der Waals surface area contributed by atoms with Gasteiger partial charge in [0.15, 0.2) is 0 Å². The maximum Gasteiger partial charge on any atom is 0.148 e. The molecule has 2 atom stereocenters. The molecule has 1 N–H and O–H groups in total. The average molecular weight is 285 g/mol. The molecule has 1 aromatic rings. The lowest BCUT2D eigenvalue weighted by Gasteiger charge is -2.45. The van der Waals surface area contributed by atoms with Gasteiger partial charge in [-0.1, -0.05) is 38.4 Å². The summed E-state index contributed by atoms with van der Waals surface area (Å²) in [5, 5.41) is 4.03. The molecular weight excluding hydrogens is 263 g/mol. The van der Waals surface area contributed by atoms with Crippen molar-refractivity contribution in [3.05, 3.63) is 29.0 Å². The highest BCUT2D eigenvalue weighted by molar-refractivity contribution is 6.33. The van der Waals surface area contributed by atoms with Crippen LogP contribution >= 0.6 is 11.6 Å². The second-order valence-electron chi connectivity index (χ2n) is 6.40. The van der Waals surface area contributed by atoms with E-state index in [1.807, 2.05) is 0 Å². The van der Waals surface area contributed by atoms with Crippen molar-refractivity contribution in [2.75, 3.05) is 18.0 Å². The highest BCUT2D eigenvalue weighted by Gasteiger charge is 2.34. The Kier molecular flexibility index (Phi) is 4.07. The van der Waals surface area contributed by atoms with E-state index in [-0.39, 0.29) is 17.3 Å². The fourth-order valence-electron chi connectivity index (χ4n) is 2.52. The molecule has 4 heteroatoms. The van der Waals surface area contributed by atoms with Gasteiger partial charge < -0.3 is 10.2 Å². The van der Waals surface area contributed by atoms with Gasteiger partial charge in [-0.3, -0.25) is 0 Å². The molecule has 2 rings (SSSR count). The third kappa shape index (κ3) is 3.03. The minimum Gasteiger partial charge on any atom is -0.362 e. The van der Waals surface area contributed by atoms with E-state index in [0.717, 1.165) is 13.1 Å². The van der Waals surface area contributed by atoms with Crippen LogP contribution in [0.4, 0.5) is 10.1 Å². The number of para-hydroxylation sites is 1. The normalized spacial score (nSPS) is 24.6. The average Bonchev–Trinajstić information content (AvgIpc) is 2.29. The van der Waals surface area contributed by atoms with Crippen molar-refractivity contribution < 1.29 is 4.39 Å². The van der Waals surface area contributed by atoms with Crippen molar-refractivity contribution >= 4 is 17.3 Å². The first-order valence-electron chi connectivity index (χ1n) is 6.74. The third-order valence-corrected chi connectivity index (χ3v) is 4.15. The lowest BCUT2D eigenvalue weighted by molar-refractivity contribution is 0.238. The maximum atomic E-state index is 14.1. The Hall–Kier alpha value is -0.800. The first-order chi connectivity index (χ1) is 8.80. The predicted molar refractivity (Wildman–Crippen MR) is 79.5 cm³/mol. The number of nitrogens with zero attached hydrogens (tertiary/aromatic N) is 1. The standard InChI is InChI=1S/C15H22ClFN2/c1-10-8-18-13(15(2,3)4)9-19(10)14-11(16)6-5-7-12(14)17/h5-7,10,13,18H,8-9H2,1-4H3. The topological polar surface area (TPSA) is 15.3 Å². The molecule has 0 amide bonds. The monoisotopic (exact) mass is 284 g/mol. The Morgan fingerprint density at radius 2 is 2.05 bits per heavy atom. The van der Waals surface area contributed by atoms with Gasteiger partial charge in [0, 0.05) is 25.2 Å². The smallest absolute Gasteiger partial charge is 0.148 e. The van der Waals surface area contributed by atoms with Crippen molar-refractivity contribution in [3.63, 3.8) is 0 Å². The van der Waals surface area contributed by atoms with Crippen molar-refractivity contribution in [2.24, 2.45) is 5.41 Å². The molecule has 1 saturated heterocycles. The first kappa shape index (κ1) is 14.6. The van der Waals surface area contributed by atoms with Crippen LogP contribution in [-0.2, 0) is 0 Å². The van der Waals surface area contributed by atoms with Gasteiger partial charge in [0.1, 0.15) is 5.82 Å². The van der Waals surface area contributed by atoms with E-state index in [1.54, 1.807) is 12.1 Å². The molecule has 1 heterocycles. The van der Waals surface area contributed by atoms with Crippen molar-refractivity contribution in [1.29, 1.82) is 0 Å². The molecule has 0 aromatic heterocycles. The van der Waals surface area contributed by atoms with Crippen LogP contribution in [0.2, 0.25) is 5.02 Å². The number of hydrogen-bond donors (Lipinski definition) is 1.